The molecule has 0 spiro atoms. The molecule has 5 N–H and O–H groups in total. The SMILES string of the molecule is CCNc1ncnc(NNC(=O)c2ccccc2)c1N. The summed E-state index contributed by atoms with van der Waals surface area (Å²) in [5, 5.41) is 3.01. The number of nitrogens with one attached hydrogen (secondary N) is 3. The summed E-state index contributed by atoms with van der Waals surface area (Å²) in [6, 6.07) is 8.85. The molecule has 1 heterocycles. The van der Waals surface area contributed by atoms with Crippen molar-refractivity contribution in [2.24, 2.45) is 0 Å². The maximum Gasteiger partial charge on any atom is 0.269 e. The van der Waals surface area contributed by atoms with Crippen molar-refractivity contribution in [3.8, 4) is 0 Å². The van der Waals surface area contributed by atoms with Gasteiger partial charge in [-0.05, 0) is 19.1 Å². The Morgan fingerprint density at radius 1 is 1.20 bits per heavy atom. The molecule has 20 heavy (non-hydrogen) atoms. The van der Waals surface area contributed by atoms with Crippen molar-refractivity contribution in [1.29, 1.82) is 0 Å². The molecule has 0 bridgehead atoms. The quantitative estimate of drug-likeness (QED) is 0.610. The van der Waals surface area contributed by atoms with Crippen molar-refractivity contribution >= 4 is 23.2 Å². The monoisotopic (exact) mass is 272 g/mol. The summed E-state index contributed by atoms with van der Waals surface area (Å²) >= 11 is 0. The first-order chi connectivity index (χ1) is 9.72. The fourth-order valence-corrected chi connectivity index (χ4v) is 1.58. The van der Waals surface area contributed by atoms with E-state index in [1.165, 1.54) is 6.33 Å². The molecule has 7 nitrogen and oxygen atoms in total. The fourth-order valence-electron chi connectivity index (χ4n) is 1.58. The third-order valence-electron chi connectivity index (χ3n) is 2.56. The number of carbonyl (C=O) groups excluding carboxylic acids is 1. The summed E-state index contributed by atoms with van der Waals surface area (Å²) in [6.07, 6.45) is 1.37. The van der Waals surface area contributed by atoms with Crippen LogP contribution in [-0.4, -0.2) is 22.4 Å². The van der Waals surface area contributed by atoms with Crippen LogP contribution in [-0.2, 0) is 0 Å². The van der Waals surface area contributed by atoms with Gasteiger partial charge < -0.3 is 11.1 Å². The Labute approximate surface area is 116 Å². The van der Waals surface area contributed by atoms with E-state index in [0.717, 1.165) is 0 Å². The van der Waals surface area contributed by atoms with Gasteiger partial charge in [-0.15, -0.1) is 0 Å². The van der Waals surface area contributed by atoms with E-state index in [1.54, 1.807) is 24.3 Å². The molecule has 1 aromatic heterocycles. The maximum absolute atomic E-state index is 11.9. The maximum atomic E-state index is 11.9. The van der Waals surface area contributed by atoms with Crippen LogP contribution in [0.3, 0.4) is 0 Å². The standard InChI is InChI=1S/C13H16N6O/c1-2-15-11-10(14)12(17-8-16-11)18-19-13(20)9-6-4-3-5-7-9/h3-8H,2,14H2,1H3,(H,19,20)(H2,15,16,17,18). The number of rotatable bonds is 5. The summed E-state index contributed by atoms with van der Waals surface area (Å²) < 4.78 is 0. The van der Waals surface area contributed by atoms with Gasteiger partial charge in [0.15, 0.2) is 11.6 Å². The number of benzene rings is 1. The molecule has 0 aliphatic rings. The lowest BCUT2D eigenvalue weighted by Crippen LogP contribution is -2.30. The number of hydrogen-bond donors (Lipinski definition) is 4. The predicted molar refractivity (Wildman–Crippen MR) is 78.1 cm³/mol. The zero-order valence-corrected chi connectivity index (χ0v) is 11.1. The average Bonchev–Trinajstić information content (AvgIpc) is 2.49. The molecule has 0 unspecified atom stereocenters. The first-order valence-electron chi connectivity index (χ1n) is 6.18. The first kappa shape index (κ1) is 13.6. The molecule has 104 valence electrons. The largest absolute Gasteiger partial charge is 0.393 e. The number of nitrogens with two attached hydrogens (primary N) is 1. The molecule has 0 saturated carbocycles. The summed E-state index contributed by atoms with van der Waals surface area (Å²) in [5.74, 6) is 0.604. The molecule has 0 aliphatic carbocycles. The molecule has 0 radical (unpaired) electrons. The van der Waals surface area contributed by atoms with Crippen LogP contribution in [0, 0.1) is 0 Å². The summed E-state index contributed by atoms with van der Waals surface area (Å²) in [7, 11) is 0. The zero-order valence-electron chi connectivity index (χ0n) is 11.1. The highest BCUT2D eigenvalue weighted by Crippen LogP contribution is 2.21. The Kier molecular flexibility index (Phi) is 4.33. The molecule has 1 aromatic carbocycles. The number of aromatic nitrogens is 2. The smallest absolute Gasteiger partial charge is 0.269 e. The van der Waals surface area contributed by atoms with Gasteiger partial charge in [-0.2, -0.15) is 0 Å². The first-order valence-corrected chi connectivity index (χ1v) is 6.18. The number of anilines is 3. The number of hydrogen-bond acceptors (Lipinski definition) is 6. The molecule has 1 amide bonds. The molecule has 7 heteroatoms. The fraction of sp³-hybridized carbons (Fsp3) is 0.154. The zero-order chi connectivity index (χ0) is 14.4. The number of nitrogen functional groups attached to an aromatic ring is 1. The second-order valence-electron chi connectivity index (χ2n) is 3.96. The Morgan fingerprint density at radius 2 is 1.90 bits per heavy atom. The lowest BCUT2D eigenvalue weighted by molar-refractivity contribution is 0.0962. The van der Waals surface area contributed by atoms with E-state index in [2.05, 4.69) is 26.1 Å². The van der Waals surface area contributed by atoms with Crippen molar-refractivity contribution in [3.63, 3.8) is 0 Å². The highest BCUT2D eigenvalue weighted by Gasteiger charge is 2.09. The van der Waals surface area contributed by atoms with Crippen molar-refractivity contribution in [2.75, 3.05) is 23.0 Å². The van der Waals surface area contributed by atoms with E-state index in [1.807, 2.05) is 13.0 Å². The van der Waals surface area contributed by atoms with E-state index in [9.17, 15) is 4.79 Å². The lowest BCUT2D eigenvalue weighted by atomic mass is 10.2. The molecule has 0 aliphatic heterocycles. The van der Waals surface area contributed by atoms with Gasteiger partial charge >= 0.3 is 0 Å². The van der Waals surface area contributed by atoms with E-state index in [0.29, 0.717) is 29.4 Å². The number of hydrazine groups is 1. The van der Waals surface area contributed by atoms with Crippen molar-refractivity contribution in [2.45, 2.75) is 6.92 Å². The van der Waals surface area contributed by atoms with Gasteiger partial charge in [0.05, 0.1) is 0 Å². The third kappa shape index (κ3) is 3.14. The van der Waals surface area contributed by atoms with Gasteiger partial charge in [0.2, 0.25) is 0 Å². The molecule has 0 atom stereocenters. The summed E-state index contributed by atoms with van der Waals surface area (Å²) in [6.45, 7) is 2.63. The van der Waals surface area contributed by atoms with Crippen LogP contribution in [0.5, 0.6) is 0 Å². The Hall–Kier alpha value is -2.83. The van der Waals surface area contributed by atoms with E-state index in [4.69, 9.17) is 5.73 Å². The van der Waals surface area contributed by atoms with Crippen LogP contribution in [0.2, 0.25) is 0 Å². The number of amides is 1. The van der Waals surface area contributed by atoms with E-state index >= 15 is 0 Å². The van der Waals surface area contributed by atoms with Crippen LogP contribution < -0.4 is 21.9 Å². The average molecular weight is 272 g/mol. The van der Waals surface area contributed by atoms with Crippen LogP contribution >= 0.6 is 0 Å². The van der Waals surface area contributed by atoms with Gasteiger partial charge in [0.25, 0.3) is 5.91 Å². The minimum absolute atomic E-state index is 0.270. The molecule has 0 saturated heterocycles. The Morgan fingerprint density at radius 3 is 2.60 bits per heavy atom. The molecule has 2 aromatic rings. The molecular formula is C13H16N6O. The number of nitrogens with zero attached hydrogens (tertiary/aromatic N) is 2. The highest BCUT2D eigenvalue weighted by molar-refractivity contribution is 5.95. The van der Waals surface area contributed by atoms with E-state index < -0.39 is 0 Å². The Balaban J connectivity index is 2.04. The lowest BCUT2D eigenvalue weighted by Gasteiger charge is -2.12. The number of carbonyl (C=O) groups is 1. The predicted octanol–water partition coefficient (Wildman–Crippen LogP) is 1.25. The second-order valence-corrected chi connectivity index (χ2v) is 3.96. The van der Waals surface area contributed by atoms with Crippen molar-refractivity contribution in [3.05, 3.63) is 42.2 Å². The van der Waals surface area contributed by atoms with Crippen LogP contribution in [0.1, 0.15) is 17.3 Å². The normalized spacial score (nSPS) is 9.85. The van der Waals surface area contributed by atoms with Gasteiger partial charge in [-0.25, -0.2) is 9.97 Å². The minimum atomic E-state index is -0.270. The third-order valence-corrected chi connectivity index (χ3v) is 2.56. The summed E-state index contributed by atoms with van der Waals surface area (Å²) in [5.41, 5.74) is 12.0. The van der Waals surface area contributed by atoms with Crippen LogP contribution in [0.4, 0.5) is 17.3 Å². The highest BCUT2D eigenvalue weighted by atomic mass is 16.2. The van der Waals surface area contributed by atoms with Crippen LogP contribution in [0.15, 0.2) is 36.7 Å². The van der Waals surface area contributed by atoms with Gasteiger partial charge in [-0.3, -0.25) is 15.6 Å². The Bertz CT molecular complexity index is 587. The second kappa shape index (κ2) is 6.37. The summed E-state index contributed by atoms with van der Waals surface area (Å²) in [4.78, 5) is 19.9. The van der Waals surface area contributed by atoms with E-state index in [-0.39, 0.29) is 5.91 Å². The minimum Gasteiger partial charge on any atom is -0.393 e. The van der Waals surface area contributed by atoms with Crippen molar-refractivity contribution in [1.82, 2.24) is 15.4 Å². The molecule has 2 rings (SSSR count). The van der Waals surface area contributed by atoms with Crippen molar-refractivity contribution < 1.29 is 4.79 Å². The molecular weight excluding hydrogens is 256 g/mol. The van der Waals surface area contributed by atoms with Gasteiger partial charge in [-0.1, -0.05) is 18.2 Å². The topological polar surface area (TPSA) is 105 Å². The van der Waals surface area contributed by atoms with Gasteiger partial charge in [0, 0.05) is 12.1 Å². The molecule has 0 fully saturated rings. The van der Waals surface area contributed by atoms with Crippen LogP contribution in [0.25, 0.3) is 0 Å². The van der Waals surface area contributed by atoms with Gasteiger partial charge in [0.1, 0.15) is 12.0 Å².